The molecule has 2 N–H and O–H groups in total. The van der Waals surface area contributed by atoms with Crippen LogP contribution < -0.4 is 16.4 Å². The number of nitrogens with one attached hydrogen (secondary N) is 2. The normalized spacial score (nSPS) is 24.1. The maximum absolute atomic E-state index is 13.1. The average Bonchev–Trinajstić information content (AvgIpc) is 3.28. The zero-order valence-corrected chi connectivity index (χ0v) is 17.3. The van der Waals surface area contributed by atoms with Crippen LogP contribution in [0, 0.1) is 18.8 Å². The molecule has 0 spiro atoms. The summed E-state index contributed by atoms with van der Waals surface area (Å²) in [5.41, 5.74) is 9.89. The fourth-order valence-electron chi connectivity index (χ4n) is 4.95. The summed E-state index contributed by atoms with van der Waals surface area (Å²) in [5.74, 6) is 1.47. The van der Waals surface area contributed by atoms with Crippen LogP contribution in [-0.2, 0) is 13.6 Å². The van der Waals surface area contributed by atoms with Gasteiger partial charge in [-0.05, 0) is 56.8 Å². The minimum Gasteiger partial charge on any atom is -0.299 e. The molecule has 2 aromatic rings. The van der Waals surface area contributed by atoms with Crippen molar-refractivity contribution in [2.45, 2.75) is 45.7 Å². The molecule has 0 amide bonds. The van der Waals surface area contributed by atoms with Crippen molar-refractivity contribution in [1.82, 2.24) is 25.1 Å². The second-order valence-electron chi connectivity index (χ2n) is 8.37. The van der Waals surface area contributed by atoms with E-state index < -0.39 is 0 Å². The largest absolute Gasteiger partial charge is 0.299 e. The number of benzene rings is 1. The van der Waals surface area contributed by atoms with E-state index in [1.807, 2.05) is 42.1 Å². The number of hydrazine groups is 1. The molecule has 0 radical (unpaired) electrons. The zero-order chi connectivity index (χ0) is 19.7. The number of hydrogen-bond acceptors (Lipinski definition) is 4. The Kier molecular flexibility index (Phi) is 5.71. The van der Waals surface area contributed by atoms with Gasteiger partial charge < -0.3 is 0 Å². The number of hydrogen-bond donors (Lipinski definition) is 2. The molecule has 0 bridgehead atoms. The molecule has 2 saturated heterocycles. The average molecular weight is 384 g/mol. The quantitative estimate of drug-likeness (QED) is 0.831. The second kappa shape index (κ2) is 8.23. The molecule has 2 aliphatic rings. The molecule has 6 nitrogen and oxygen atoms in total. The van der Waals surface area contributed by atoms with Crippen molar-refractivity contribution in [3.63, 3.8) is 0 Å². The van der Waals surface area contributed by atoms with E-state index in [4.69, 9.17) is 0 Å². The molecule has 0 aliphatic carbocycles. The summed E-state index contributed by atoms with van der Waals surface area (Å²) >= 11 is 0. The van der Waals surface area contributed by atoms with Crippen LogP contribution in [0.5, 0.6) is 0 Å². The molecule has 2 aliphatic heterocycles. The molecule has 1 aromatic heterocycles. The monoisotopic (exact) mass is 383 g/mol. The van der Waals surface area contributed by atoms with Gasteiger partial charge >= 0.3 is 0 Å². The van der Waals surface area contributed by atoms with Crippen LogP contribution in [0.1, 0.15) is 37.4 Å². The zero-order valence-electron chi connectivity index (χ0n) is 17.3. The fourth-order valence-corrected chi connectivity index (χ4v) is 4.95. The van der Waals surface area contributed by atoms with Gasteiger partial charge in [-0.25, -0.2) is 4.68 Å². The molecule has 0 saturated carbocycles. The Bertz CT molecular complexity index is 848. The lowest BCUT2D eigenvalue weighted by Crippen LogP contribution is -2.44. The van der Waals surface area contributed by atoms with E-state index in [1.165, 1.54) is 19.3 Å². The van der Waals surface area contributed by atoms with Gasteiger partial charge in [-0.15, -0.1) is 0 Å². The Morgan fingerprint density at radius 1 is 1.14 bits per heavy atom. The van der Waals surface area contributed by atoms with E-state index >= 15 is 0 Å². The predicted molar refractivity (Wildman–Crippen MR) is 112 cm³/mol. The highest BCUT2D eigenvalue weighted by molar-refractivity contribution is 5.33. The Morgan fingerprint density at radius 2 is 1.86 bits per heavy atom. The third kappa shape index (κ3) is 3.56. The van der Waals surface area contributed by atoms with Gasteiger partial charge in [-0.3, -0.25) is 25.2 Å². The molecule has 4 rings (SSSR count). The molecular formula is C22H33N5O. The first kappa shape index (κ1) is 19.4. The third-order valence-corrected chi connectivity index (χ3v) is 6.86. The summed E-state index contributed by atoms with van der Waals surface area (Å²) in [6, 6.07) is 10.5. The van der Waals surface area contributed by atoms with Gasteiger partial charge in [-0.1, -0.05) is 31.5 Å². The number of rotatable bonds is 5. The lowest BCUT2D eigenvalue weighted by molar-refractivity contribution is 0.143. The lowest BCUT2D eigenvalue weighted by atomic mass is 9.82. The summed E-state index contributed by atoms with van der Waals surface area (Å²) in [6.45, 7) is 8.32. The molecule has 28 heavy (non-hydrogen) atoms. The highest BCUT2D eigenvalue weighted by Crippen LogP contribution is 2.28. The van der Waals surface area contributed by atoms with Gasteiger partial charge in [0, 0.05) is 31.9 Å². The predicted octanol–water partition coefficient (Wildman–Crippen LogP) is 2.20. The van der Waals surface area contributed by atoms with Crippen LogP contribution >= 0.6 is 0 Å². The SMILES string of the molecule is CCC1CNNC1C1CCN(Cc2c(C)n(C)n(-c3ccccc3)c2=O)CC1. The summed E-state index contributed by atoms with van der Waals surface area (Å²) in [6.07, 6.45) is 3.64. The molecule has 1 aromatic carbocycles. The molecule has 2 fully saturated rings. The third-order valence-electron chi connectivity index (χ3n) is 6.86. The summed E-state index contributed by atoms with van der Waals surface area (Å²) in [4.78, 5) is 15.6. The maximum Gasteiger partial charge on any atom is 0.276 e. The lowest BCUT2D eigenvalue weighted by Gasteiger charge is -2.36. The van der Waals surface area contributed by atoms with Crippen LogP contribution in [0.4, 0.5) is 0 Å². The van der Waals surface area contributed by atoms with Crippen LogP contribution in [0.3, 0.4) is 0 Å². The molecular weight excluding hydrogens is 350 g/mol. The van der Waals surface area contributed by atoms with E-state index in [2.05, 4.69) is 29.6 Å². The number of likely N-dealkylation sites (tertiary alicyclic amines) is 1. The van der Waals surface area contributed by atoms with E-state index in [9.17, 15) is 4.79 Å². The molecule has 2 unspecified atom stereocenters. The molecule has 152 valence electrons. The number of aromatic nitrogens is 2. The highest BCUT2D eigenvalue weighted by atomic mass is 16.1. The molecule has 2 atom stereocenters. The van der Waals surface area contributed by atoms with Crippen molar-refractivity contribution in [2.75, 3.05) is 19.6 Å². The van der Waals surface area contributed by atoms with Crippen LogP contribution in [-0.4, -0.2) is 39.9 Å². The van der Waals surface area contributed by atoms with Gasteiger partial charge in [-0.2, -0.15) is 0 Å². The van der Waals surface area contributed by atoms with Crippen molar-refractivity contribution in [3.8, 4) is 5.69 Å². The Balaban J connectivity index is 1.45. The summed E-state index contributed by atoms with van der Waals surface area (Å²) < 4.78 is 3.77. The maximum atomic E-state index is 13.1. The van der Waals surface area contributed by atoms with Crippen molar-refractivity contribution < 1.29 is 0 Å². The first-order chi connectivity index (χ1) is 13.6. The number of para-hydroxylation sites is 1. The smallest absolute Gasteiger partial charge is 0.276 e. The fraction of sp³-hybridized carbons (Fsp3) is 0.591. The Morgan fingerprint density at radius 3 is 2.54 bits per heavy atom. The standard InChI is InChI=1S/C22H33N5O/c1-4-17-14-23-24-21(17)18-10-12-26(13-11-18)15-20-16(2)25(3)27(22(20)28)19-8-6-5-7-9-19/h5-9,17-18,21,23-24H,4,10-15H2,1-3H3. The minimum absolute atomic E-state index is 0.112. The Labute approximate surface area is 167 Å². The molecule has 3 heterocycles. The van der Waals surface area contributed by atoms with Crippen LogP contribution in [0.15, 0.2) is 35.1 Å². The van der Waals surface area contributed by atoms with Gasteiger partial charge in [0.15, 0.2) is 0 Å². The summed E-state index contributed by atoms with van der Waals surface area (Å²) in [5, 5.41) is 0. The first-order valence-electron chi connectivity index (χ1n) is 10.6. The van der Waals surface area contributed by atoms with Crippen molar-refractivity contribution in [1.29, 1.82) is 0 Å². The van der Waals surface area contributed by atoms with Crippen LogP contribution in [0.2, 0.25) is 0 Å². The number of nitrogens with zero attached hydrogens (tertiary/aromatic N) is 3. The van der Waals surface area contributed by atoms with Gasteiger partial charge in [0.25, 0.3) is 5.56 Å². The number of piperidine rings is 1. The first-order valence-corrected chi connectivity index (χ1v) is 10.6. The van der Waals surface area contributed by atoms with E-state index in [0.717, 1.165) is 55.0 Å². The molecule has 6 heteroatoms. The highest BCUT2D eigenvalue weighted by Gasteiger charge is 2.34. The topological polar surface area (TPSA) is 54.2 Å². The van der Waals surface area contributed by atoms with E-state index in [0.29, 0.717) is 6.04 Å². The van der Waals surface area contributed by atoms with Gasteiger partial charge in [0.05, 0.1) is 11.3 Å². The summed E-state index contributed by atoms with van der Waals surface area (Å²) in [7, 11) is 1.98. The van der Waals surface area contributed by atoms with E-state index in [-0.39, 0.29) is 5.56 Å². The van der Waals surface area contributed by atoms with Crippen LogP contribution in [0.25, 0.3) is 5.69 Å². The van der Waals surface area contributed by atoms with Crippen molar-refractivity contribution in [2.24, 2.45) is 18.9 Å². The van der Waals surface area contributed by atoms with Gasteiger partial charge in [0.2, 0.25) is 0 Å². The Hall–Kier alpha value is -1.89. The minimum atomic E-state index is 0.112. The van der Waals surface area contributed by atoms with E-state index in [1.54, 1.807) is 4.68 Å². The van der Waals surface area contributed by atoms with Crippen molar-refractivity contribution in [3.05, 3.63) is 51.9 Å². The second-order valence-corrected chi connectivity index (χ2v) is 8.37. The van der Waals surface area contributed by atoms with Gasteiger partial charge in [0.1, 0.15) is 0 Å². The van der Waals surface area contributed by atoms with Crippen molar-refractivity contribution >= 4 is 0 Å².